The van der Waals surface area contributed by atoms with E-state index in [-0.39, 0.29) is 23.3 Å². The van der Waals surface area contributed by atoms with Gasteiger partial charge in [0, 0.05) is 18.7 Å². The molecule has 0 aliphatic rings. The molecule has 0 aromatic heterocycles. The van der Waals surface area contributed by atoms with Crippen LogP contribution >= 0.6 is 0 Å². The first-order chi connectivity index (χ1) is 9.40. The summed E-state index contributed by atoms with van der Waals surface area (Å²) in [4.78, 5) is 9.78. The van der Waals surface area contributed by atoms with Gasteiger partial charge in [0.25, 0.3) is 15.8 Å². The predicted octanol–water partition coefficient (Wildman–Crippen LogP) is 2.12. The zero-order valence-corrected chi connectivity index (χ0v) is 12.1. The van der Waals surface area contributed by atoms with Crippen molar-refractivity contribution in [2.45, 2.75) is 31.3 Å². The fourth-order valence-corrected chi connectivity index (χ4v) is 2.42. The molecule has 8 heteroatoms. The lowest BCUT2D eigenvalue weighted by Gasteiger charge is -2.14. The molecule has 112 valence electrons. The number of ether oxygens (including phenoxy) is 1. The van der Waals surface area contributed by atoms with Gasteiger partial charge in [0.1, 0.15) is 0 Å². The third kappa shape index (κ3) is 4.55. The minimum Gasteiger partial charge on any atom is -0.376 e. The molecular formula is C12H17NO6S. The van der Waals surface area contributed by atoms with Crippen LogP contribution in [-0.4, -0.2) is 32.7 Å². The Hall–Kier alpha value is -1.51. The normalized spacial score (nSPS) is 13.1. The average Bonchev–Trinajstić information content (AvgIpc) is 2.43. The number of rotatable bonds is 8. The molecule has 7 nitrogen and oxygen atoms in total. The third-order valence-corrected chi connectivity index (χ3v) is 3.90. The van der Waals surface area contributed by atoms with Crippen molar-refractivity contribution in [2.75, 3.05) is 13.2 Å². The number of non-ortho nitro benzene ring substituents is 1. The summed E-state index contributed by atoms with van der Waals surface area (Å²) < 4.78 is 34.0. The monoisotopic (exact) mass is 303 g/mol. The Morgan fingerprint density at radius 2 is 1.85 bits per heavy atom. The Labute approximate surface area is 117 Å². The first-order valence-electron chi connectivity index (χ1n) is 6.16. The van der Waals surface area contributed by atoms with Gasteiger partial charge in [0.2, 0.25) is 0 Å². The molecule has 0 saturated carbocycles. The first kappa shape index (κ1) is 16.5. The van der Waals surface area contributed by atoms with Crippen molar-refractivity contribution in [3.63, 3.8) is 0 Å². The van der Waals surface area contributed by atoms with Crippen LogP contribution < -0.4 is 0 Å². The molecule has 1 aromatic rings. The number of hydrogen-bond acceptors (Lipinski definition) is 6. The maximum Gasteiger partial charge on any atom is 0.297 e. The summed E-state index contributed by atoms with van der Waals surface area (Å²) in [5, 5.41) is 10.5. The Balaban J connectivity index is 2.75. The van der Waals surface area contributed by atoms with E-state index < -0.39 is 15.0 Å². The van der Waals surface area contributed by atoms with Gasteiger partial charge in [-0.05, 0) is 25.5 Å². The summed E-state index contributed by atoms with van der Waals surface area (Å²) in [5.41, 5.74) is -0.176. The van der Waals surface area contributed by atoms with Crippen LogP contribution in [0.25, 0.3) is 0 Å². The van der Waals surface area contributed by atoms with Crippen molar-refractivity contribution < 1.29 is 22.3 Å². The lowest BCUT2D eigenvalue weighted by Crippen LogP contribution is -2.21. The molecule has 1 atom stereocenters. The molecule has 0 heterocycles. The molecule has 0 amide bonds. The Morgan fingerprint density at radius 3 is 2.30 bits per heavy atom. The van der Waals surface area contributed by atoms with Crippen molar-refractivity contribution in [1.29, 1.82) is 0 Å². The zero-order valence-electron chi connectivity index (χ0n) is 11.3. The number of nitrogens with zero attached hydrogens (tertiary/aromatic N) is 1. The quantitative estimate of drug-likeness (QED) is 0.414. The summed E-state index contributed by atoms with van der Waals surface area (Å²) in [7, 11) is -3.93. The van der Waals surface area contributed by atoms with Crippen molar-refractivity contribution >= 4 is 15.8 Å². The number of benzene rings is 1. The standard InChI is InChI=1S/C12H17NO6S/c1-3-11(18-4-2)9-19-20(16,17)12-7-5-10(6-8-12)13(14)15/h5-8,11H,3-4,9H2,1-2H3. The third-order valence-electron chi connectivity index (χ3n) is 2.60. The fraction of sp³-hybridized carbons (Fsp3) is 0.500. The van der Waals surface area contributed by atoms with Crippen molar-refractivity contribution in [3.05, 3.63) is 34.4 Å². The molecular weight excluding hydrogens is 286 g/mol. The molecule has 1 rings (SSSR count). The van der Waals surface area contributed by atoms with E-state index in [9.17, 15) is 18.5 Å². The van der Waals surface area contributed by atoms with Gasteiger partial charge in [0.15, 0.2) is 0 Å². The highest BCUT2D eigenvalue weighted by molar-refractivity contribution is 7.86. The van der Waals surface area contributed by atoms with E-state index in [0.717, 1.165) is 24.3 Å². The van der Waals surface area contributed by atoms with E-state index >= 15 is 0 Å². The summed E-state index contributed by atoms with van der Waals surface area (Å²) >= 11 is 0. The maximum absolute atomic E-state index is 11.9. The van der Waals surface area contributed by atoms with Crippen LogP contribution in [0.2, 0.25) is 0 Å². The molecule has 0 spiro atoms. The van der Waals surface area contributed by atoms with Gasteiger partial charge in [-0.15, -0.1) is 0 Å². The fourth-order valence-electron chi connectivity index (χ4n) is 1.49. The minimum atomic E-state index is -3.93. The zero-order chi connectivity index (χ0) is 15.2. The van der Waals surface area contributed by atoms with Crippen LogP contribution in [0.5, 0.6) is 0 Å². The van der Waals surface area contributed by atoms with Gasteiger partial charge in [0.05, 0.1) is 22.5 Å². The van der Waals surface area contributed by atoms with E-state index in [1.807, 2.05) is 13.8 Å². The van der Waals surface area contributed by atoms with Gasteiger partial charge in [-0.3, -0.25) is 14.3 Å². The predicted molar refractivity (Wildman–Crippen MR) is 71.9 cm³/mol. The smallest absolute Gasteiger partial charge is 0.297 e. The van der Waals surface area contributed by atoms with Crippen LogP contribution in [0.4, 0.5) is 5.69 Å². The summed E-state index contributed by atoms with van der Waals surface area (Å²) in [6.07, 6.45) is 0.330. The van der Waals surface area contributed by atoms with E-state index in [2.05, 4.69) is 0 Å². The highest BCUT2D eigenvalue weighted by Crippen LogP contribution is 2.18. The Kier molecular flexibility index (Phi) is 6.05. The van der Waals surface area contributed by atoms with E-state index in [4.69, 9.17) is 8.92 Å². The van der Waals surface area contributed by atoms with E-state index in [1.165, 1.54) is 0 Å². The van der Waals surface area contributed by atoms with Gasteiger partial charge in [-0.1, -0.05) is 6.92 Å². The second-order valence-electron chi connectivity index (χ2n) is 3.98. The Bertz CT molecular complexity index is 540. The molecule has 1 unspecified atom stereocenters. The van der Waals surface area contributed by atoms with Crippen molar-refractivity contribution in [3.8, 4) is 0 Å². The minimum absolute atomic E-state index is 0.0797. The topological polar surface area (TPSA) is 95.7 Å². The van der Waals surface area contributed by atoms with Gasteiger partial charge < -0.3 is 4.74 Å². The lowest BCUT2D eigenvalue weighted by molar-refractivity contribution is -0.384. The van der Waals surface area contributed by atoms with E-state index in [0.29, 0.717) is 13.0 Å². The van der Waals surface area contributed by atoms with Gasteiger partial charge >= 0.3 is 0 Å². The van der Waals surface area contributed by atoms with Crippen LogP contribution in [0, 0.1) is 10.1 Å². The molecule has 0 saturated heterocycles. The van der Waals surface area contributed by atoms with Crippen LogP contribution in [0.3, 0.4) is 0 Å². The molecule has 20 heavy (non-hydrogen) atoms. The molecule has 1 aromatic carbocycles. The van der Waals surface area contributed by atoms with Crippen molar-refractivity contribution in [2.24, 2.45) is 0 Å². The molecule has 0 aliphatic heterocycles. The summed E-state index contributed by atoms with van der Waals surface area (Å²) in [5.74, 6) is 0. The summed E-state index contributed by atoms with van der Waals surface area (Å²) in [6, 6.07) is 4.54. The molecule has 0 aliphatic carbocycles. The second kappa shape index (κ2) is 7.32. The SMILES string of the molecule is CCOC(CC)COS(=O)(=O)c1ccc([N+](=O)[O-])cc1. The maximum atomic E-state index is 11.9. The highest BCUT2D eigenvalue weighted by atomic mass is 32.2. The second-order valence-corrected chi connectivity index (χ2v) is 5.59. The molecule has 0 fully saturated rings. The van der Waals surface area contributed by atoms with Crippen molar-refractivity contribution in [1.82, 2.24) is 0 Å². The lowest BCUT2D eigenvalue weighted by atomic mass is 10.3. The van der Waals surface area contributed by atoms with Crippen LogP contribution in [-0.2, 0) is 19.0 Å². The Morgan fingerprint density at radius 1 is 1.25 bits per heavy atom. The number of nitro benzene ring substituents is 1. The van der Waals surface area contributed by atoms with Gasteiger partial charge in [-0.2, -0.15) is 8.42 Å². The van der Waals surface area contributed by atoms with Gasteiger partial charge in [-0.25, -0.2) is 0 Å². The first-order valence-corrected chi connectivity index (χ1v) is 7.57. The largest absolute Gasteiger partial charge is 0.376 e. The van der Waals surface area contributed by atoms with Crippen LogP contribution in [0.1, 0.15) is 20.3 Å². The summed E-state index contributed by atoms with van der Waals surface area (Å²) in [6.45, 7) is 4.07. The molecule has 0 radical (unpaired) electrons. The highest BCUT2D eigenvalue weighted by Gasteiger charge is 2.19. The van der Waals surface area contributed by atoms with Crippen LogP contribution in [0.15, 0.2) is 29.2 Å². The average molecular weight is 303 g/mol. The molecule has 0 N–H and O–H groups in total. The number of nitro groups is 1. The molecule has 0 bridgehead atoms. The van der Waals surface area contributed by atoms with E-state index in [1.54, 1.807) is 0 Å². The number of hydrogen-bond donors (Lipinski definition) is 0.